The molecule has 30 heavy (non-hydrogen) atoms. The van der Waals surface area contributed by atoms with Crippen LogP contribution < -0.4 is 0 Å². The minimum absolute atomic E-state index is 0.00616. The van der Waals surface area contributed by atoms with Gasteiger partial charge in [-0.1, -0.05) is 67.3 Å². The molecule has 0 spiro atoms. The molecule has 0 radical (unpaired) electrons. The highest BCUT2D eigenvalue weighted by atomic mass is 79.9. The molecule has 0 bridgehead atoms. The molecular formula is C20H24Br2O6S2. The van der Waals surface area contributed by atoms with E-state index in [0.29, 0.717) is 10.7 Å². The van der Waals surface area contributed by atoms with E-state index in [4.69, 9.17) is 8.37 Å². The number of hydrogen-bond acceptors (Lipinski definition) is 6. The molecule has 0 aliphatic rings. The SMILES string of the molecule is Cc1ccc(S(=O)(=O)OC(CCBr)C(CCBr)OS(=O)(=O)c2ccc(C)cc2)cc1. The van der Waals surface area contributed by atoms with Crippen LogP contribution in [0.2, 0.25) is 0 Å². The lowest BCUT2D eigenvalue weighted by atomic mass is 10.1. The molecule has 10 heteroatoms. The molecule has 2 unspecified atom stereocenters. The van der Waals surface area contributed by atoms with Crippen molar-refractivity contribution in [3.8, 4) is 0 Å². The first kappa shape index (κ1) is 25.5. The third-order valence-electron chi connectivity index (χ3n) is 4.32. The van der Waals surface area contributed by atoms with Crippen LogP contribution in [-0.4, -0.2) is 39.7 Å². The molecule has 6 nitrogen and oxygen atoms in total. The Morgan fingerprint density at radius 1 is 0.667 bits per heavy atom. The molecule has 2 rings (SSSR count). The third kappa shape index (κ3) is 7.13. The van der Waals surface area contributed by atoms with E-state index in [1.165, 1.54) is 24.3 Å². The summed E-state index contributed by atoms with van der Waals surface area (Å²) in [6.45, 7) is 3.70. The van der Waals surface area contributed by atoms with Crippen molar-refractivity contribution in [2.24, 2.45) is 0 Å². The van der Waals surface area contributed by atoms with Crippen molar-refractivity contribution >= 4 is 52.1 Å². The smallest absolute Gasteiger partial charge is 0.260 e. The van der Waals surface area contributed by atoms with Crippen LogP contribution >= 0.6 is 31.9 Å². The van der Waals surface area contributed by atoms with Gasteiger partial charge in [0.15, 0.2) is 0 Å². The van der Waals surface area contributed by atoms with E-state index in [9.17, 15) is 16.8 Å². The Morgan fingerprint density at radius 3 is 1.23 bits per heavy atom. The molecule has 166 valence electrons. The Morgan fingerprint density at radius 2 is 0.967 bits per heavy atom. The van der Waals surface area contributed by atoms with Crippen molar-refractivity contribution in [2.75, 3.05) is 10.7 Å². The average molecular weight is 584 g/mol. The summed E-state index contributed by atoms with van der Waals surface area (Å²) < 4.78 is 61.9. The van der Waals surface area contributed by atoms with Crippen molar-refractivity contribution in [1.29, 1.82) is 0 Å². The van der Waals surface area contributed by atoms with E-state index in [2.05, 4.69) is 31.9 Å². The normalized spacial score (nSPS) is 14.4. The first-order chi connectivity index (χ1) is 14.1. The van der Waals surface area contributed by atoms with Gasteiger partial charge in [0.1, 0.15) is 12.2 Å². The zero-order valence-electron chi connectivity index (χ0n) is 16.6. The monoisotopic (exact) mass is 582 g/mol. The topological polar surface area (TPSA) is 86.7 Å². The van der Waals surface area contributed by atoms with Crippen LogP contribution in [0.15, 0.2) is 58.3 Å². The zero-order chi connectivity index (χ0) is 22.4. The Kier molecular flexibility index (Phi) is 9.51. The van der Waals surface area contributed by atoms with E-state index in [-0.39, 0.29) is 22.6 Å². The van der Waals surface area contributed by atoms with Gasteiger partial charge in [0, 0.05) is 10.7 Å². The van der Waals surface area contributed by atoms with Crippen molar-refractivity contribution in [3.63, 3.8) is 0 Å². The molecule has 0 fully saturated rings. The number of hydrogen-bond donors (Lipinski definition) is 0. The van der Waals surface area contributed by atoms with Gasteiger partial charge in [-0.05, 0) is 51.0 Å². The fourth-order valence-corrected chi connectivity index (χ4v) is 5.81. The van der Waals surface area contributed by atoms with Crippen molar-refractivity contribution < 1.29 is 25.2 Å². The van der Waals surface area contributed by atoms with Gasteiger partial charge in [-0.15, -0.1) is 0 Å². The Labute approximate surface area is 195 Å². The number of benzene rings is 2. The predicted molar refractivity (Wildman–Crippen MR) is 123 cm³/mol. The molecule has 0 aromatic heterocycles. The van der Waals surface area contributed by atoms with E-state index in [1.807, 2.05) is 13.8 Å². The molecule has 2 aromatic carbocycles. The molecular weight excluding hydrogens is 560 g/mol. The first-order valence-corrected chi connectivity index (χ1v) is 14.3. The van der Waals surface area contributed by atoms with Crippen molar-refractivity contribution in [1.82, 2.24) is 0 Å². The van der Waals surface area contributed by atoms with E-state index >= 15 is 0 Å². The van der Waals surface area contributed by atoms with E-state index in [1.54, 1.807) is 24.3 Å². The number of aryl methyl sites for hydroxylation is 2. The minimum Gasteiger partial charge on any atom is -0.260 e. The fraction of sp³-hybridized carbons (Fsp3) is 0.400. The highest BCUT2D eigenvalue weighted by molar-refractivity contribution is 9.09. The molecule has 0 saturated heterocycles. The highest BCUT2D eigenvalue weighted by Gasteiger charge is 2.33. The molecule has 0 saturated carbocycles. The van der Waals surface area contributed by atoms with Crippen LogP contribution in [0.4, 0.5) is 0 Å². The van der Waals surface area contributed by atoms with Crippen LogP contribution in [0, 0.1) is 13.8 Å². The number of alkyl halides is 2. The Balaban J connectivity index is 2.30. The fourth-order valence-electron chi connectivity index (χ4n) is 2.65. The van der Waals surface area contributed by atoms with Gasteiger partial charge in [0.2, 0.25) is 0 Å². The van der Waals surface area contributed by atoms with Gasteiger partial charge < -0.3 is 0 Å². The second-order valence-corrected chi connectivity index (χ2v) is 11.5. The summed E-state index contributed by atoms with van der Waals surface area (Å²) in [5.74, 6) is 0. The second kappa shape index (κ2) is 11.2. The van der Waals surface area contributed by atoms with Crippen LogP contribution in [0.5, 0.6) is 0 Å². The predicted octanol–water partition coefficient (Wildman–Crippen LogP) is 4.72. The maximum atomic E-state index is 12.8. The molecule has 0 amide bonds. The van der Waals surface area contributed by atoms with Crippen LogP contribution in [0.3, 0.4) is 0 Å². The molecule has 2 atom stereocenters. The average Bonchev–Trinajstić information content (AvgIpc) is 2.68. The maximum Gasteiger partial charge on any atom is 0.297 e. The summed E-state index contributed by atoms with van der Waals surface area (Å²) in [7, 11) is -8.20. The number of halogens is 2. The van der Waals surface area contributed by atoms with Gasteiger partial charge in [-0.25, -0.2) is 0 Å². The van der Waals surface area contributed by atoms with E-state index < -0.39 is 32.4 Å². The highest BCUT2D eigenvalue weighted by Crippen LogP contribution is 2.25. The molecule has 2 aromatic rings. The van der Waals surface area contributed by atoms with Crippen LogP contribution in [-0.2, 0) is 28.6 Å². The molecule has 0 aliphatic carbocycles. The summed E-state index contributed by atoms with van der Waals surface area (Å²) in [5, 5.41) is 0.821. The summed E-state index contributed by atoms with van der Waals surface area (Å²) in [4.78, 5) is 0.0123. The van der Waals surface area contributed by atoms with Crippen LogP contribution in [0.1, 0.15) is 24.0 Å². The Hall–Kier alpha value is -0.780. The lowest BCUT2D eigenvalue weighted by molar-refractivity contribution is 0.0595. The maximum absolute atomic E-state index is 12.8. The molecule has 0 aliphatic heterocycles. The summed E-state index contributed by atoms with van der Waals surface area (Å²) in [6.07, 6.45) is -1.50. The Bertz CT molecular complexity index is 934. The van der Waals surface area contributed by atoms with Gasteiger partial charge >= 0.3 is 0 Å². The standard InChI is InChI=1S/C20H24Br2O6S2/c1-15-3-7-17(8-4-15)29(23,24)27-19(11-13-21)20(12-14-22)28-30(25,26)18-9-5-16(2)6-10-18/h3-10,19-20H,11-14H2,1-2H3. The summed E-state index contributed by atoms with van der Waals surface area (Å²) in [5.41, 5.74) is 1.83. The van der Waals surface area contributed by atoms with Crippen molar-refractivity contribution in [3.05, 3.63) is 59.7 Å². The molecule has 0 heterocycles. The molecule has 0 N–H and O–H groups in total. The summed E-state index contributed by atoms with van der Waals surface area (Å²) >= 11 is 6.57. The second-order valence-electron chi connectivity index (χ2n) is 6.76. The zero-order valence-corrected chi connectivity index (χ0v) is 21.4. The van der Waals surface area contributed by atoms with E-state index in [0.717, 1.165) is 11.1 Å². The van der Waals surface area contributed by atoms with Crippen LogP contribution in [0.25, 0.3) is 0 Å². The van der Waals surface area contributed by atoms with Gasteiger partial charge in [0.25, 0.3) is 20.2 Å². The van der Waals surface area contributed by atoms with Gasteiger partial charge in [-0.2, -0.15) is 16.8 Å². The lowest BCUT2D eigenvalue weighted by Gasteiger charge is -2.25. The quantitative estimate of drug-likeness (QED) is 0.281. The largest absolute Gasteiger partial charge is 0.297 e. The van der Waals surface area contributed by atoms with Gasteiger partial charge in [-0.3, -0.25) is 8.37 Å². The third-order valence-corrected chi connectivity index (χ3v) is 7.94. The first-order valence-electron chi connectivity index (χ1n) is 9.21. The number of rotatable bonds is 11. The minimum atomic E-state index is -4.10. The van der Waals surface area contributed by atoms with Gasteiger partial charge in [0.05, 0.1) is 9.79 Å². The summed E-state index contributed by atoms with van der Waals surface area (Å²) in [6, 6.07) is 12.5. The van der Waals surface area contributed by atoms with Crippen molar-refractivity contribution in [2.45, 2.75) is 48.7 Å². The lowest BCUT2D eigenvalue weighted by Crippen LogP contribution is -2.36.